The lowest BCUT2D eigenvalue weighted by atomic mass is 9.87. The normalized spacial score (nSPS) is 14.0. The van der Waals surface area contributed by atoms with Crippen LogP contribution in [0.15, 0.2) is 12.1 Å². The molecule has 0 aliphatic heterocycles. The van der Waals surface area contributed by atoms with E-state index in [4.69, 9.17) is 4.74 Å². The molecule has 0 bridgehead atoms. The maximum absolute atomic E-state index is 12.5. The van der Waals surface area contributed by atoms with Gasteiger partial charge in [0, 0.05) is 6.04 Å². The van der Waals surface area contributed by atoms with Crippen LogP contribution < -0.4 is 20.3 Å². The van der Waals surface area contributed by atoms with Crippen LogP contribution in [-0.4, -0.2) is 37.7 Å². The van der Waals surface area contributed by atoms with Crippen molar-refractivity contribution in [1.29, 1.82) is 0 Å². The Bertz CT molecular complexity index is 523. The fourth-order valence-electron chi connectivity index (χ4n) is 1.90. The number of halogens is 2. The van der Waals surface area contributed by atoms with Gasteiger partial charge in [-0.25, -0.2) is 0 Å². The van der Waals surface area contributed by atoms with Crippen LogP contribution in [0.2, 0.25) is 0 Å². The number of carbonyl (C=O) groups excluding carboxylic acids is 1. The zero-order valence-corrected chi connectivity index (χ0v) is 11.6. The number of ether oxygens (including phenoxy) is 2. The zero-order chi connectivity index (χ0) is 15.4. The van der Waals surface area contributed by atoms with Gasteiger partial charge in [-0.3, -0.25) is 4.79 Å². The fourth-order valence-corrected chi connectivity index (χ4v) is 1.90. The molecule has 0 unspecified atom stereocenters. The van der Waals surface area contributed by atoms with E-state index >= 15 is 0 Å². The second kappa shape index (κ2) is 6.75. The van der Waals surface area contributed by atoms with Crippen molar-refractivity contribution in [2.45, 2.75) is 32.4 Å². The molecule has 8 heteroatoms. The lowest BCUT2D eigenvalue weighted by Gasteiger charge is -2.16. The van der Waals surface area contributed by atoms with Crippen molar-refractivity contribution in [3.63, 3.8) is 0 Å². The van der Waals surface area contributed by atoms with Gasteiger partial charge in [-0.1, -0.05) is 0 Å². The van der Waals surface area contributed by atoms with Gasteiger partial charge in [0.2, 0.25) is 0 Å². The molecule has 0 aromatic heterocycles. The van der Waals surface area contributed by atoms with Crippen LogP contribution in [0.25, 0.3) is 0 Å². The summed E-state index contributed by atoms with van der Waals surface area (Å²) in [5.74, 6) is -0.683. The topological polar surface area (TPSA) is 67.8 Å². The van der Waals surface area contributed by atoms with Gasteiger partial charge in [-0.05, 0) is 37.4 Å². The van der Waals surface area contributed by atoms with E-state index in [9.17, 15) is 18.6 Å². The molecule has 1 aromatic rings. The Morgan fingerprint density at radius 3 is 2.67 bits per heavy atom. The van der Waals surface area contributed by atoms with E-state index in [0.29, 0.717) is 5.46 Å². The van der Waals surface area contributed by atoms with Crippen LogP contribution in [0.5, 0.6) is 11.5 Å². The molecular formula is C13H16BF2NO4. The third-order valence-electron chi connectivity index (χ3n) is 2.96. The minimum Gasteiger partial charge on any atom is -0.493 e. The second-order valence-electron chi connectivity index (χ2n) is 4.68. The van der Waals surface area contributed by atoms with Crippen LogP contribution in [0.4, 0.5) is 8.78 Å². The number of amides is 1. The average molecular weight is 299 g/mol. The Kier molecular flexibility index (Phi) is 5.00. The van der Waals surface area contributed by atoms with E-state index in [1.54, 1.807) is 6.92 Å². The van der Waals surface area contributed by atoms with Crippen molar-refractivity contribution in [3.05, 3.63) is 17.7 Å². The standard InChI is InChI=1S/C13H16BF2NO4/c1-2-20-9-5-7(14-19)6-10(21-13(15)16)11(9)12(18)17-8-3-4-8/h5-6,8,13-14,19H,2-4H2,1H3,(H,17,18). The van der Waals surface area contributed by atoms with Crippen LogP contribution in [0.1, 0.15) is 30.1 Å². The van der Waals surface area contributed by atoms with Crippen molar-refractivity contribution in [2.75, 3.05) is 6.61 Å². The molecule has 0 heterocycles. The summed E-state index contributed by atoms with van der Waals surface area (Å²) in [5.41, 5.74) is 0.262. The van der Waals surface area contributed by atoms with E-state index in [2.05, 4.69) is 10.1 Å². The quantitative estimate of drug-likeness (QED) is 0.722. The molecular weight excluding hydrogens is 283 g/mol. The van der Waals surface area contributed by atoms with Gasteiger partial charge >= 0.3 is 14.1 Å². The summed E-state index contributed by atoms with van der Waals surface area (Å²) in [4.78, 5) is 12.2. The first-order valence-electron chi connectivity index (χ1n) is 6.71. The molecule has 1 fully saturated rings. The molecule has 0 radical (unpaired) electrons. The predicted molar refractivity (Wildman–Crippen MR) is 73.7 cm³/mol. The maximum atomic E-state index is 12.5. The average Bonchev–Trinajstić information content (AvgIpc) is 3.21. The number of benzene rings is 1. The number of hydrogen-bond donors (Lipinski definition) is 2. The van der Waals surface area contributed by atoms with Gasteiger partial charge in [0.1, 0.15) is 17.1 Å². The van der Waals surface area contributed by atoms with E-state index in [1.165, 1.54) is 12.1 Å². The fraction of sp³-hybridized carbons (Fsp3) is 0.462. The Balaban J connectivity index is 2.41. The highest BCUT2D eigenvalue weighted by molar-refractivity contribution is 6.45. The van der Waals surface area contributed by atoms with Crippen LogP contribution in [-0.2, 0) is 0 Å². The molecule has 1 aromatic carbocycles. The van der Waals surface area contributed by atoms with E-state index in [-0.39, 0.29) is 37.2 Å². The smallest absolute Gasteiger partial charge is 0.387 e. The summed E-state index contributed by atoms with van der Waals surface area (Å²) in [6.45, 7) is -1.10. The Hall–Kier alpha value is -1.83. The van der Waals surface area contributed by atoms with Gasteiger partial charge in [-0.2, -0.15) is 8.78 Å². The van der Waals surface area contributed by atoms with E-state index in [0.717, 1.165) is 12.8 Å². The van der Waals surface area contributed by atoms with Crippen LogP contribution in [0, 0.1) is 0 Å². The van der Waals surface area contributed by atoms with Crippen molar-refractivity contribution in [2.24, 2.45) is 0 Å². The summed E-state index contributed by atoms with van der Waals surface area (Å²) in [6, 6.07) is 2.74. The zero-order valence-electron chi connectivity index (χ0n) is 11.6. The van der Waals surface area contributed by atoms with Gasteiger partial charge in [0.05, 0.1) is 6.61 Å². The first-order valence-corrected chi connectivity index (χ1v) is 6.71. The molecule has 5 nitrogen and oxygen atoms in total. The van der Waals surface area contributed by atoms with Gasteiger partial charge in [-0.15, -0.1) is 0 Å². The first kappa shape index (κ1) is 15.6. The largest absolute Gasteiger partial charge is 0.493 e. The second-order valence-corrected chi connectivity index (χ2v) is 4.68. The molecule has 0 saturated heterocycles. The number of hydrogen-bond acceptors (Lipinski definition) is 4. The number of rotatable bonds is 7. The van der Waals surface area contributed by atoms with E-state index in [1.807, 2.05) is 0 Å². The highest BCUT2D eigenvalue weighted by atomic mass is 19.3. The lowest BCUT2D eigenvalue weighted by molar-refractivity contribution is -0.0502. The predicted octanol–water partition coefficient (Wildman–Crippen LogP) is 0.548. The highest BCUT2D eigenvalue weighted by Crippen LogP contribution is 2.30. The van der Waals surface area contributed by atoms with Crippen LogP contribution in [0.3, 0.4) is 0 Å². The molecule has 0 spiro atoms. The Morgan fingerprint density at radius 1 is 1.48 bits per heavy atom. The molecule has 21 heavy (non-hydrogen) atoms. The molecule has 2 N–H and O–H groups in total. The van der Waals surface area contributed by atoms with Crippen molar-refractivity contribution >= 4 is 18.9 Å². The molecule has 2 rings (SSSR count). The van der Waals surface area contributed by atoms with Crippen LogP contribution >= 0.6 is 0 Å². The molecule has 1 amide bonds. The summed E-state index contributed by atoms with van der Waals surface area (Å²) in [6.07, 6.45) is 1.74. The van der Waals surface area contributed by atoms with Crippen molar-refractivity contribution in [1.82, 2.24) is 5.32 Å². The van der Waals surface area contributed by atoms with Gasteiger partial charge in [0.25, 0.3) is 5.91 Å². The van der Waals surface area contributed by atoms with Crippen molar-refractivity contribution in [3.8, 4) is 11.5 Å². The molecule has 0 atom stereocenters. The molecule has 1 aliphatic rings. The van der Waals surface area contributed by atoms with Gasteiger partial charge < -0.3 is 19.8 Å². The number of carbonyl (C=O) groups is 1. The monoisotopic (exact) mass is 299 g/mol. The molecule has 1 saturated carbocycles. The Morgan fingerprint density at radius 2 is 2.14 bits per heavy atom. The number of nitrogens with one attached hydrogen (secondary N) is 1. The molecule has 1 aliphatic carbocycles. The van der Waals surface area contributed by atoms with Gasteiger partial charge in [0.15, 0.2) is 0 Å². The number of alkyl halides is 2. The first-order chi connectivity index (χ1) is 10.0. The Labute approximate surface area is 121 Å². The third-order valence-corrected chi connectivity index (χ3v) is 2.96. The highest BCUT2D eigenvalue weighted by Gasteiger charge is 2.28. The minimum atomic E-state index is -3.07. The van der Waals surface area contributed by atoms with Crippen molar-refractivity contribution < 1.29 is 28.1 Å². The third kappa shape index (κ3) is 4.07. The minimum absolute atomic E-state index is 0.0683. The summed E-state index contributed by atoms with van der Waals surface area (Å²) in [7, 11) is -0.371. The summed E-state index contributed by atoms with van der Waals surface area (Å²) >= 11 is 0. The lowest BCUT2D eigenvalue weighted by Crippen LogP contribution is -2.28. The maximum Gasteiger partial charge on any atom is 0.387 e. The van der Waals surface area contributed by atoms with E-state index < -0.39 is 12.5 Å². The SMILES string of the molecule is CCOc1cc(BO)cc(OC(F)F)c1C(=O)NC1CC1. The summed E-state index contributed by atoms with van der Waals surface area (Å²) in [5, 5.41) is 11.9. The molecule has 114 valence electrons. The summed E-state index contributed by atoms with van der Waals surface area (Å²) < 4.78 is 34.8.